The fraction of sp³-hybridized carbons (Fsp3) is 0.857. The smallest absolute Gasteiger partial charge is 0.171 e. The largest absolute Gasteiger partial charge is 0.321 e. The van der Waals surface area contributed by atoms with Gasteiger partial charge in [0.1, 0.15) is 0 Å². The maximum Gasteiger partial charge on any atom is 0.171 e. The molecule has 0 aliphatic heterocycles. The summed E-state index contributed by atoms with van der Waals surface area (Å²) in [5, 5.41) is 0. The van der Waals surface area contributed by atoms with Crippen molar-refractivity contribution in [2.24, 2.45) is 5.73 Å². The number of unbranched alkanes of at least 4 members (excludes halogenated alkanes) is 14. The van der Waals surface area contributed by atoms with Gasteiger partial charge in [-0.05, 0) is 12.5 Å². The van der Waals surface area contributed by atoms with Crippen LogP contribution in [-0.4, -0.2) is 11.8 Å². The molecule has 23 heavy (non-hydrogen) atoms. The molecule has 0 heterocycles. The molecular weight excluding hydrogens is 282 g/mol. The zero-order valence-corrected chi connectivity index (χ0v) is 15.7. The Balaban J connectivity index is 3.11. The summed E-state index contributed by atoms with van der Waals surface area (Å²) < 4.78 is 0. The Morgan fingerprint density at radius 1 is 0.783 bits per heavy atom. The Labute approximate surface area is 145 Å². The molecule has 0 bridgehead atoms. The van der Waals surface area contributed by atoms with Crippen molar-refractivity contribution in [1.29, 1.82) is 0 Å². The first-order valence-electron chi connectivity index (χ1n) is 10.1. The van der Waals surface area contributed by atoms with Crippen molar-refractivity contribution in [2.45, 2.75) is 116 Å². The molecule has 0 aliphatic carbocycles. The van der Waals surface area contributed by atoms with Crippen LogP contribution in [0.2, 0.25) is 0 Å². The standard InChI is InChI=1S/C21H41NO/c1-3-5-6-7-8-9-10-11-12-13-14-15-16-17-18-19-20(22)21(23)4-2/h4,20H,2-3,5-19,22H2,1H3. The number of carbonyl (C=O) groups is 1. The van der Waals surface area contributed by atoms with Crippen LogP contribution in [0.3, 0.4) is 0 Å². The van der Waals surface area contributed by atoms with E-state index in [-0.39, 0.29) is 11.8 Å². The summed E-state index contributed by atoms with van der Waals surface area (Å²) in [5.41, 5.74) is 5.76. The lowest BCUT2D eigenvalue weighted by Crippen LogP contribution is -2.28. The van der Waals surface area contributed by atoms with Gasteiger partial charge in [-0.15, -0.1) is 0 Å². The van der Waals surface area contributed by atoms with Crippen molar-refractivity contribution in [3.63, 3.8) is 0 Å². The lowest BCUT2D eigenvalue weighted by atomic mass is 10.0. The first-order valence-corrected chi connectivity index (χ1v) is 10.1. The summed E-state index contributed by atoms with van der Waals surface area (Å²) in [6, 6.07) is -0.325. The lowest BCUT2D eigenvalue weighted by molar-refractivity contribution is -0.115. The summed E-state index contributed by atoms with van der Waals surface area (Å²) in [7, 11) is 0. The molecule has 1 unspecified atom stereocenters. The van der Waals surface area contributed by atoms with E-state index >= 15 is 0 Å². The van der Waals surface area contributed by atoms with Crippen molar-refractivity contribution < 1.29 is 4.79 Å². The van der Waals surface area contributed by atoms with Gasteiger partial charge in [-0.25, -0.2) is 0 Å². The molecule has 0 saturated heterocycles. The van der Waals surface area contributed by atoms with Crippen LogP contribution in [0.5, 0.6) is 0 Å². The van der Waals surface area contributed by atoms with Gasteiger partial charge in [0.25, 0.3) is 0 Å². The second-order valence-corrected chi connectivity index (χ2v) is 6.95. The lowest BCUT2D eigenvalue weighted by Gasteiger charge is -2.07. The predicted molar refractivity (Wildman–Crippen MR) is 103 cm³/mol. The molecule has 2 nitrogen and oxygen atoms in total. The Bertz CT molecular complexity index is 275. The maximum atomic E-state index is 11.2. The third kappa shape index (κ3) is 16.0. The molecule has 0 aromatic rings. The van der Waals surface area contributed by atoms with Crippen molar-refractivity contribution in [2.75, 3.05) is 0 Å². The molecule has 1 atom stereocenters. The Hall–Kier alpha value is -0.630. The van der Waals surface area contributed by atoms with Crippen molar-refractivity contribution in [1.82, 2.24) is 0 Å². The van der Waals surface area contributed by atoms with E-state index in [4.69, 9.17) is 5.73 Å². The topological polar surface area (TPSA) is 43.1 Å². The van der Waals surface area contributed by atoms with E-state index < -0.39 is 0 Å². The summed E-state index contributed by atoms with van der Waals surface area (Å²) in [6.07, 6.45) is 22.6. The predicted octanol–water partition coefficient (Wildman–Crippen LogP) is 6.33. The quantitative estimate of drug-likeness (QED) is 0.236. The minimum absolute atomic E-state index is 0.0182. The third-order valence-corrected chi connectivity index (χ3v) is 4.69. The zero-order valence-electron chi connectivity index (χ0n) is 15.7. The van der Waals surface area contributed by atoms with E-state index in [9.17, 15) is 4.79 Å². The van der Waals surface area contributed by atoms with E-state index in [0.717, 1.165) is 12.8 Å². The molecule has 0 amide bonds. The third-order valence-electron chi connectivity index (χ3n) is 4.69. The number of nitrogens with two attached hydrogens (primary N) is 1. The molecule has 136 valence electrons. The molecule has 0 spiro atoms. The van der Waals surface area contributed by atoms with E-state index in [2.05, 4.69) is 13.5 Å². The van der Waals surface area contributed by atoms with Gasteiger partial charge in [0.2, 0.25) is 0 Å². The van der Waals surface area contributed by atoms with Gasteiger partial charge in [-0.2, -0.15) is 0 Å². The van der Waals surface area contributed by atoms with E-state index in [0.29, 0.717) is 0 Å². The van der Waals surface area contributed by atoms with E-state index in [1.54, 1.807) is 0 Å². The average molecular weight is 324 g/mol. The van der Waals surface area contributed by atoms with Gasteiger partial charge in [-0.3, -0.25) is 4.79 Å². The zero-order chi connectivity index (χ0) is 17.2. The van der Waals surface area contributed by atoms with Crippen LogP contribution in [-0.2, 0) is 4.79 Å². The first kappa shape index (κ1) is 22.4. The average Bonchev–Trinajstić information content (AvgIpc) is 2.57. The molecule has 0 rings (SSSR count). The number of ketones is 1. The molecule has 0 saturated carbocycles. The van der Waals surface area contributed by atoms with Gasteiger partial charge < -0.3 is 5.73 Å². The molecule has 0 aliphatic rings. The van der Waals surface area contributed by atoms with Gasteiger partial charge in [0, 0.05) is 0 Å². The molecule has 0 aromatic heterocycles. The molecule has 2 N–H and O–H groups in total. The second-order valence-electron chi connectivity index (χ2n) is 6.95. The summed E-state index contributed by atoms with van der Waals surface area (Å²) in [4.78, 5) is 11.2. The van der Waals surface area contributed by atoms with Crippen LogP contribution in [0, 0.1) is 0 Å². The van der Waals surface area contributed by atoms with Crippen molar-refractivity contribution >= 4 is 5.78 Å². The maximum absolute atomic E-state index is 11.2. The molecule has 0 radical (unpaired) electrons. The fourth-order valence-corrected chi connectivity index (χ4v) is 3.03. The molecule has 0 fully saturated rings. The highest BCUT2D eigenvalue weighted by molar-refractivity contribution is 5.93. The van der Waals surface area contributed by atoms with Crippen LogP contribution in [0.15, 0.2) is 12.7 Å². The van der Waals surface area contributed by atoms with Gasteiger partial charge >= 0.3 is 0 Å². The fourth-order valence-electron chi connectivity index (χ4n) is 3.03. The molecule has 0 aromatic carbocycles. The summed E-state index contributed by atoms with van der Waals surface area (Å²) >= 11 is 0. The Morgan fingerprint density at radius 2 is 1.13 bits per heavy atom. The van der Waals surface area contributed by atoms with Gasteiger partial charge in [0.15, 0.2) is 5.78 Å². The second kappa shape index (κ2) is 17.7. The number of hydrogen-bond donors (Lipinski definition) is 1. The highest BCUT2D eigenvalue weighted by Gasteiger charge is 2.08. The highest BCUT2D eigenvalue weighted by Crippen LogP contribution is 2.14. The van der Waals surface area contributed by atoms with Crippen LogP contribution >= 0.6 is 0 Å². The van der Waals surface area contributed by atoms with E-state index in [1.807, 2.05) is 0 Å². The van der Waals surface area contributed by atoms with Crippen LogP contribution in [0.1, 0.15) is 110 Å². The molecule has 2 heteroatoms. The Morgan fingerprint density at radius 3 is 1.48 bits per heavy atom. The van der Waals surface area contributed by atoms with Crippen LogP contribution in [0.4, 0.5) is 0 Å². The van der Waals surface area contributed by atoms with Crippen LogP contribution in [0.25, 0.3) is 0 Å². The van der Waals surface area contributed by atoms with Crippen LogP contribution < -0.4 is 5.73 Å². The number of rotatable bonds is 18. The Kier molecular flexibility index (Phi) is 17.2. The van der Waals surface area contributed by atoms with Gasteiger partial charge in [0.05, 0.1) is 6.04 Å². The number of hydrogen-bond acceptors (Lipinski definition) is 2. The summed E-state index contributed by atoms with van der Waals surface area (Å²) in [6.45, 7) is 5.75. The minimum atomic E-state index is -0.325. The number of carbonyl (C=O) groups excluding carboxylic acids is 1. The molecular formula is C21H41NO. The first-order chi connectivity index (χ1) is 11.2. The SMILES string of the molecule is C=CC(=O)C(N)CCCCCCCCCCCCCCCCC. The monoisotopic (exact) mass is 323 g/mol. The summed E-state index contributed by atoms with van der Waals surface area (Å²) in [5.74, 6) is -0.0182. The highest BCUT2D eigenvalue weighted by atomic mass is 16.1. The van der Waals surface area contributed by atoms with E-state index in [1.165, 1.54) is 96.0 Å². The normalized spacial score (nSPS) is 12.3. The van der Waals surface area contributed by atoms with Crippen molar-refractivity contribution in [3.05, 3.63) is 12.7 Å². The van der Waals surface area contributed by atoms with Crippen molar-refractivity contribution in [3.8, 4) is 0 Å². The minimum Gasteiger partial charge on any atom is -0.321 e. The van der Waals surface area contributed by atoms with Gasteiger partial charge in [-0.1, -0.05) is 110 Å².